The summed E-state index contributed by atoms with van der Waals surface area (Å²) in [6, 6.07) is 10.2. The van der Waals surface area contributed by atoms with E-state index < -0.39 is 0 Å². The minimum absolute atomic E-state index is 0.295. The lowest BCUT2D eigenvalue weighted by Gasteiger charge is -2.11. The third kappa shape index (κ3) is 4.68. The van der Waals surface area contributed by atoms with E-state index in [-0.39, 0.29) is 0 Å². The summed E-state index contributed by atoms with van der Waals surface area (Å²) in [6.07, 6.45) is 6.28. The van der Waals surface area contributed by atoms with E-state index in [1.807, 2.05) is 12.1 Å². The zero-order chi connectivity index (χ0) is 14.2. The number of rotatable bonds is 7. The third-order valence-corrected chi connectivity index (χ3v) is 4.21. The average molecular weight is 350 g/mol. The summed E-state index contributed by atoms with van der Waals surface area (Å²) in [5, 5.41) is 5.54. The van der Waals surface area contributed by atoms with Gasteiger partial charge in [-0.15, -0.1) is 17.8 Å². The second kappa shape index (κ2) is 8.11. The highest BCUT2D eigenvalue weighted by molar-refractivity contribution is 9.10. The lowest BCUT2D eigenvalue weighted by Crippen LogP contribution is -2.17. The lowest BCUT2D eigenvalue weighted by molar-refractivity contribution is 0.365. The van der Waals surface area contributed by atoms with Gasteiger partial charge in [-0.05, 0) is 36.1 Å². The summed E-state index contributed by atoms with van der Waals surface area (Å²) in [5.41, 5.74) is 1.11. The molecule has 2 nitrogen and oxygen atoms in total. The highest BCUT2D eigenvalue weighted by Gasteiger charge is 2.04. The number of thiophene rings is 1. The smallest absolute Gasteiger partial charge is 0.148 e. The fourth-order valence-corrected chi connectivity index (χ4v) is 2.95. The van der Waals surface area contributed by atoms with Crippen molar-refractivity contribution in [2.45, 2.75) is 13.0 Å². The summed E-state index contributed by atoms with van der Waals surface area (Å²) >= 11 is 5.27. The monoisotopic (exact) mass is 349 g/mol. The molecule has 1 heterocycles. The van der Waals surface area contributed by atoms with E-state index in [4.69, 9.17) is 11.2 Å². The van der Waals surface area contributed by atoms with Crippen molar-refractivity contribution >= 4 is 27.3 Å². The highest BCUT2D eigenvalue weighted by atomic mass is 79.9. The van der Waals surface area contributed by atoms with Gasteiger partial charge in [0.05, 0.1) is 0 Å². The molecule has 0 saturated heterocycles. The SMILES string of the molecule is C#CCOc1ccc(Br)cc1CNCCc1cccs1. The molecule has 0 saturated carbocycles. The summed E-state index contributed by atoms with van der Waals surface area (Å²) in [4.78, 5) is 1.40. The summed E-state index contributed by atoms with van der Waals surface area (Å²) in [5.74, 6) is 3.33. The van der Waals surface area contributed by atoms with E-state index in [0.717, 1.165) is 35.3 Å². The minimum Gasteiger partial charge on any atom is -0.481 e. The van der Waals surface area contributed by atoms with Crippen molar-refractivity contribution in [3.05, 3.63) is 50.6 Å². The molecule has 0 aliphatic heterocycles. The largest absolute Gasteiger partial charge is 0.481 e. The van der Waals surface area contributed by atoms with Gasteiger partial charge in [0.2, 0.25) is 0 Å². The number of halogens is 1. The van der Waals surface area contributed by atoms with E-state index in [1.54, 1.807) is 11.3 Å². The maximum atomic E-state index is 5.55. The first-order valence-electron chi connectivity index (χ1n) is 6.37. The Morgan fingerprint density at radius 3 is 3.00 bits per heavy atom. The van der Waals surface area contributed by atoms with Gasteiger partial charge in [0.1, 0.15) is 12.4 Å². The molecule has 1 aromatic heterocycles. The van der Waals surface area contributed by atoms with Gasteiger partial charge in [-0.3, -0.25) is 0 Å². The quantitative estimate of drug-likeness (QED) is 0.605. The zero-order valence-corrected chi connectivity index (χ0v) is 13.5. The van der Waals surface area contributed by atoms with Gasteiger partial charge in [-0.1, -0.05) is 27.9 Å². The molecule has 0 unspecified atom stereocenters. The van der Waals surface area contributed by atoms with Gasteiger partial charge in [0, 0.05) is 28.0 Å². The zero-order valence-electron chi connectivity index (χ0n) is 11.1. The van der Waals surface area contributed by atoms with Crippen molar-refractivity contribution in [1.82, 2.24) is 5.32 Å². The Morgan fingerprint density at radius 1 is 1.35 bits per heavy atom. The van der Waals surface area contributed by atoms with Crippen molar-refractivity contribution in [2.24, 2.45) is 0 Å². The molecule has 104 valence electrons. The molecular weight excluding hydrogens is 334 g/mol. The predicted octanol–water partition coefficient (Wildman–Crippen LogP) is 3.85. The van der Waals surface area contributed by atoms with Gasteiger partial charge in [-0.2, -0.15) is 0 Å². The van der Waals surface area contributed by atoms with Crippen LogP contribution >= 0.6 is 27.3 Å². The fourth-order valence-electron chi connectivity index (χ4n) is 1.84. The van der Waals surface area contributed by atoms with Crippen molar-refractivity contribution in [3.63, 3.8) is 0 Å². The molecule has 1 aromatic carbocycles. The third-order valence-electron chi connectivity index (χ3n) is 2.78. The fraction of sp³-hybridized carbons (Fsp3) is 0.250. The van der Waals surface area contributed by atoms with Crippen LogP contribution in [0.4, 0.5) is 0 Å². The normalized spacial score (nSPS) is 10.2. The summed E-state index contributed by atoms with van der Waals surface area (Å²) < 4.78 is 6.59. The van der Waals surface area contributed by atoms with Gasteiger partial charge in [0.25, 0.3) is 0 Å². The van der Waals surface area contributed by atoms with E-state index in [1.165, 1.54) is 4.88 Å². The number of terminal acetylenes is 1. The number of ether oxygens (including phenoxy) is 1. The van der Waals surface area contributed by atoms with Crippen molar-refractivity contribution in [2.75, 3.05) is 13.2 Å². The Morgan fingerprint density at radius 2 is 2.25 bits per heavy atom. The first-order chi connectivity index (χ1) is 9.79. The second-order valence-corrected chi connectivity index (χ2v) is 6.20. The molecule has 0 radical (unpaired) electrons. The standard InChI is InChI=1S/C16H16BrNOS/c1-2-9-19-16-6-5-14(17)11-13(16)12-18-8-7-15-4-3-10-20-15/h1,3-6,10-11,18H,7-9,12H2. The van der Waals surface area contributed by atoms with Crippen LogP contribution in [0.2, 0.25) is 0 Å². The van der Waals surface area contributed by atoms with Crippen LogP contribution in [-0.2, 0) is 13.0 Å². The molecule has 2 rings (SSSR count). The molecule has 0 spiro atoms. The second-order valence-electron chi connectivity index (χ2n) is 4.25. The van der Waals surface area contributed by atoms with Gasteiger partial charge < -0.3 is 10.1 Å². The van der Waals surface area contributed by atoms with Crippen LogP contribution in [0.15, 0.2) is 40.2 Å². The van der Waals surface area contributed by atoms with Crippen LogP contribution in [0.5, 0.6) is 5.75 Å². The van der Waals surface area contributed by atoms with Crippen LogP contribution < -0.4 is 10.1 Å². The highest BCUT2D eigenvalue weighted by Crippen LogP contribution is 2.23. The Labute approximate surface area is 132 Å². The Balaban J connectivity index is 1.87. The van der Waals surface area contributed by atoms with Crippen LogP contribution in [0.25, 0.3) is 0 Å². The van der Waals surface area contributed by atoms with Crippen LogP contribution in [-0.4, -0.2) is 13.2 Å². The van der Waals surface area contributed by atoms with E-state index in [2.05, 4.69) is 50.7 Å². The number of hydrogen-bond acceptors (Lipinski definition) is 3. The molecule has 0 bridgehead atoms. The number of nitrogens with one attached hydrogen (secondary N) is 1. The first kappa shape index (κ1) is 15.1. The molecule has 0 aliphatic carbocycles. The van der Waals surface area contributed by atoms with Gasteiger partial charge in [0.15, 0.2) is 0 Å². The maximum Gasteiger partial charge on any atom is 0.148 e. The molecule has 0 atom stereocenters. The molecule has 4 heteroatoms. The average Bonchev–Trinajstić information content (AvgIpc) is 2.96. The van der Waals surface area contributed by atoms with Crippen LogP contribution in [0.3, 0.4) is 0 Å². The van der Waals surface area contributed by atoms with Gasteiger partial charge in [-0.25, -0.2) is 0 Å². The Kier molecular flexibility index (Phi) is 6.13. The maximum absolute atomic E-state index is 5.55. The predicted molar refractivity (Wildman–Crippen MR) is 88.2 cm³/mol. The van der Waals surface area contributed by atoms with Crippen molar-refractivity contribution in [1.29, 1.82) is 0 Å². The molecule has 20 heavy (non-hydrogen) atoms. The molecular formula is C16H16BrNOS. The topological polar surface area (TPSA) is 21.3 Å². The molecule has 0 fully saturated rings. The first-order valence-corrected chi connectivity index (χ1v) is 8.04. The van der Waals surface area contributed by atoms with E-state index in [9.17, 15) is 0 Å². The number of benzene rings is 1. The molecule has 2 aromatic rings. The molecule has 0 amide bonds. The summed E-state index contributed by atoms with van der Waals surface area (Å²) in [7, 11) is 0. The molecule has 0 aliphatic rings. The van der Waals surface area contributed by atoms with Crippen LogP contribution in [0, 0.1) is 12.3 Å². The minimum atomic E-state index is 0.295. The van der Waals surface area contributed by atoms with Crippen LogP contribution in [0.1, 0.15) is 10.4 Å². The van der Waals surface area contributed by atoms with Gasteiger partial charge >= 0.3 is 0 Å². The van der Waals surface area contributed by atoms with Crippen molar-refractivity contribution < 1.29 is 4.74 Å². The number of hydrogen-bond donors (Lipinski definition) is 1. The molecule has 1 N–H and O–H groups in total. The van der Waals surface area contributed by atoms with E-state index >= 15 is 0 Å². The van der Waals surface area contributed by atoms with E-state index in [0.29, 0.717) is 6.61 Å². The Hall–Kier alpha value is -1.28. The lowest BCUT2D eigenvalue weighted by atomic mass is 10.2. The van der Waals surface area contributed by atoms with Crippen molar-refractivity contribution in [3.8, 4) is 18.1 Å². The Bertz CT molecular complexity index is 575. The summed E-state index contributed by atoms with van der Waals surface area (Å²) in [6.45, 7) is 2.01.